The third-order valence-corrected chi connectivity index (χ3v) is 8.35. The minimum atomic E-state index is -1.03. The van der Waals surface area contributed by atoms with Crippen molar-refractivity contribution in [3.05, 3.63) is 51.4 Å². The number of piperazine rings is 1. The number of rotatable bonds is 6. The zero-order chi connectivity index (χ0) is 25.2. The van der Waals surface area contributed by atoms with Gasteiger partial charge in [0.2, 0.25) is 5.91 Å². The van der Waals surface area contributed by atoms with E-state index in [1.165, 1.54) is 6.33 Å². The number of ether oxygens (including phenoxy) is 1. The van der Waals surface area contributed by atoms with Crippen LogP contribution in [0.2, 0.25) is 10.0 Å². The zero-order valence-electron chi connectivity index (χ0n) is 20.4. The molecule has 1 N–H and O–H groups in total. The molecule has 1 amide bonds. The fourth-order valence-electron chi connectivity index (χ4n) is 5.54. The van der Waals surface area contributed by atoms with E-state index in [1.807, 2.05) is 17.9 Å². The van der Waals surface area contributed by atoms with Gasteiger partial charge in [-0.15, -0.1) is 0 Å². The van der Waals surface area contributed by atoms with Gasteiger partial charge >= 0.3 is 0 Å². The molecule has 36 heavy (non-hydrogen) atoms. The first-order chi connectivity index (χ1) is 17.4. The number of hydrogen-bond donors (Lipinski definition) is 1. The molecule has 0 spiro atoms. The quantitative estimate of drug-likeness (QED) is 0.587. The summed E-state index contributed by atoms with van der Waals surface area (Å²) in [4.78, 5) is 26.6. The average Bonchev–Trinajstić information content (AvgIpc) is 3.20. The van der Waals surface area contributed by atoms with Crippen molar-refractivity contribution in [3.8, 4) is 0 Å². The van der Waals surface area contributed by atoms with Crippen LogP contribution in [0.1, 0.15) is 61.0 Å². The maximum atomic E-state index is 14.4. The molecule has 3 atom stereocenters. The van der Waals surface area contributed by atoms with E-state index >= 15 is 0 Å². The Morgan fingerprint density at radius 3 is 2.64 bits per heavy atom. The summed E-state index contributed by atoms with van der Waals surface area (Å²) in [6, 6.07) is 5.76. The fraction of sp³-hybridized carbons (Fsp3) is 0.577. The van der Waals surface area contributed by atoms with Crippen LogP contribution in [0.4, 0.5) is 10.2 Å². The van der Waals surface area contributed by atoms with Crippen LogP contribution in [0.15, 0.2) is 24.5 Å². The van der Waals surface area contributed by atoms with Gasteiger partial charge in [-0.3, -0.25) is 4.79 Å². The van der Waals surface area contributed by atoms with E-state index in [0.717, 1.165) is 43.0 Å². The molecule has 2 fully saturated rings. The van der Waals surface area contributed by atoms with Gasteiger partial charge in [0.15, 0.2) is 0 Å². The Hall–Kier alpha value is -2.00. The van der Waals surface area contributed by atoms with Gasteiger partial charge in [0.1, 0.15) is 18.3 Å². The van der Waals surface area contributed by atoms with Crippen molar-refractivity contribution in [2.45, 2.75) is 50.2 Å². The summed E-state index contributed by atoms with van der Waals surface area (Å²) < 4.78 is 19.9. The lowest BCUT2D eigenvalue weighted by molar-refractivity contribution is -0.133. The van der Waals surface area contributed by atoms with Crippen molar-refractivity contribution in [1.29, 1.82) is 0 Å². The minimum absolute atomic E-state index is 0.0673. The normalized spacial score (nSPS) is 23.6. The molecule has 2 aliphatic heterocycles. The predicted molar refractivity (Wildman–Crippen MR) is 139 cm³/mol. The van der Waals surface area contributed by atoms with Crippen LogP contribution < -0.4 is 10.2 Å². The number of halogens is 3. The zero-order valence-corrected chi connectivity index (χ0v) is 21.9. The van der Waals surface area contributed by atoms with Crippen molar-refractivity contribution in [2.75, 3.05) is 50.8 Å². The maximum absolute atomic E-state index is 14.4. The Bertz CT molecular complexity index is 1090. The molecule has 1 aromatic heterocycles. The van der Waals surface area contributed by atoms with Gasteiger partial charge in [-0.1, -0.05) is 36.2 Å². The van der Waals surface area contributed by atoms with E-state index in [9.17, 15) is 9.18 Å². The van der Waals surface area contributed by atoms with Gasteiger partial charge in [0, 0.05) is 57.5 Å². The first kappa shape index (κ1) is 25.6. The average molecular weight is 536 g/mol. The van der Waals surface area contributed by atoms with Crippen molar-refractivity contribution < 1.29 is 13.9 Å². The third-order valence-electron chi connectivity index (χ3n) is 7.61. The minimum Gasteiger partial charge on any atom is -0.381 e. The van der Waals surface area contributed by atoms with Crippen LogP contribution in [-0.4, -0.2) is 72.8 Å². The van der Waals surface area contributed by atoms with Crippen LogP contribution in [0, 0.1) is 0 Å². The number of nitrogens with zero attached hydrogens (tertiary/aromatic N) is 4. The Kier molecular flexibility index (Phi) is 7.96. The number of anilines is 1. The van der Waals surface area contributed by atoms with Crippen LogP contribution in [-0.2, 0) is 9.53 Å². The third kappa shape index (κ3) is 5.32. The maximum Gasteiger partial charge on any atom is 0.231 e. The van der Waals surface area contributed by atoms with Gasteiger partial charge in [-0.05, 0) is 42.9 Å². The summed E-state index contributed by atoms with van der Waals surface area (Å²) >= 11 is 12.5. The highest BCUT2D eigenvalue weighted by Gasteiger charge is 2.36. The van der Waals surface area contributed by atoms with Gasteiger partial charge in [0.25, 0.3) is 0 Å². The summed E-state index contributed by atoms with van der Waals surface area (Å²) in [5.41, 5.74) is 2.29. The molecule has 3 heterocycles. The van der Waals surface area contributed by atoms with Crippen LogP contribution >= 0.6 is 23.2 Å². The number of amides is 1. The molecule has 194 valence electrons. The number of hydrogen-bond acceptors (Lipinski definition) is 6. The molecule has 1 unspecified atom stereocenters. The number of carbonyl (C=O) groups is 1. The number of benzene rings is 1. The van der Waals surface area contributed by atoms with Crippen molar-refractivity contribution in [3.63, 3.8) is 0 Å². The lowest BCUT2D eigenvalue weighted by Gasteiger charge is -2.38. The summed E-state index contributed by atoms with van der Waals surface area (Å²) in [6.45, 7) is 6.44. The summed E-state index contributed by atoms with van der Waals surface area (Å²) in [5.74, 6) is 0.589. The Labute approximate surface area is 221 Å². The highest BCUT2D eigenvalue weighted by atomic mass is 35.5. The van der Waals surface area contributed by atoms with E-state index in [4.69, 9.17) is 27.9 Å². The number of alkyl halides is 1. The summed E-state index contributed by atoms with van der Waals surface area (Å²) in [5, 5.41) is 4.50. The molecule has 1 aromatic carbocycles. The molecule has 3 aliphatic rings. The van der Waals surface area contributed by atoms with Crippen LogP contribution in [0.5, 0.6) is 0 Å². The van der Waals surface area contributed by atoms with Crippen LogP contribution in [0.25, 0.3) is 0 Å². The molecule has 0 saturated carbocycles. The molecule has 0 radical (unpaired) electrons. The molecular formula is C26H32Cl2FN5O2. The lowest BCUT2D eigenvalue weighted by atomic mass is 9.96. The van der Waals surface area contributed by atoms with E-state index < -0.39 is 6.17 Å². The highest BCUT2D eigenvalue weighted by molar-refractivity contribution is 6.42. The van der Waals surface area contributed by atoms with E-state index in [0.29, 0.717) is 60.9 Å². The van der Waals surface area contributed by atoms with Crippen molar-refractivity contribution in [2.24, 2.45) is 0 Å². The smallest absolute Gasteiger partial charge is 0.231 e. The van der Waals surface area contributed by atoms with Crippen LogP contribution in [0.3, 0.4) is 0 Å². The molecule has 2 saturated heterocycles. The van der Waals surface area contributed by atoms with Gasteiger partial charge in [-0.25, -0.2) is 14.4 Å². The SMILES string of the molecule is C[C@@H]1C[C@H](F)c2ncnc(N3CCN(C(=O)C(CNC4CCOCC4)c4ccc(Cl)c(Cl)c4)CC3)c21. The molecule has 2 aromatic rings. The number of fused-ring (bicyclic) bond motifs is 1. The molecule has 5 rings (SSSR count). The van der Waals surface area contributed by atoms with E-state index in [2.05, 4.69) is 20.2 Å². The second-order valence-corrected chi connectivity index (χ2v) is 10.7. The van der Waals surface area contributed by atoms with Gasteiger partial charge in [0.05, 0.1) is 21.7 Å². The first-order valence-corrected chi connectivity index (χ1v) is 13.5. The van der Waals surface area contributed by atoms with Gasteiger partial charge < -0.3 is 19.9 Å². The number of aromatic nitrogens is 2. The highest BCUT2D eigenvalue weighted by Crippen LogP contribution is 2.44. The van der Waals surface area contributed by atoms with Crippen molar-refractivity contribution >= 4 is 34.9 Å². The van der Waals surface area contributed by atoms with E-state index in [-0.39, 0.29) is 17.7 Å². The second kappa shape index (κ2) is 11.2. The summed E-state index contributed by atoms with van der Waals surface area (Å²) in [6.07, 6.45) is 2.74. The predicted octanol–water partition coefficient (Wildman–Crippen LogP) is 4.50. The van der Waals surface area contributed by atoms with E-state index in [1.54, 1.807) is 12.1 Å². The molecule has 0 bridgehead atoms. The molecule has 10 heteroatoms. The number of nitrogens with one attached hydrogen (secondary N) is 1. The van der Waals surface area contributed by atoms with Gasteiger partial charge in [-0.2, -0.15) is 0 Å². The Morgan fingerprint density at radius 2 is 1.92 bits per heavy atom. The standard InChI is InChI=1S/C26H32Cl2FN5O2/c1-16-12-22(29)24-23(16)25(32-15-31-24)33-6-8-34(9-7-33)26(35)19(14-30-18-4-10-36-11-5-18)17-2-3-20(27)21(28)13-17/h2-3,13,15-16,18-19,22,30H,4-12,14H2,1H3/t16-,19?,22+/m1/s1. The fourth-order valence-corrected chi connectivity index (χ4v) is 5.84. The second-order valence-electron chi connectivity index (χ2n) is 9.93. The Morgan fingerprint density at radius 1 is 1.17 bits per heavy atom. The Balaban J connectivity index is 1.29. The largest absolute Gasteiger partial charge is 0.381 e. The monoisotopic (exact) mass is 535 g/mol. The number of carbonyl (C=O) groups excluding carboxylic acids is 1. The molecule has 7 nitrogen and oxygen atoms in total. The topological polar surface area (TPSA) is 70.6 Å². The molecular weight excluding hydrogens is 504 g/mol. The van der Waals surface area contributed by atoms with Crippen molar-refractivity contribution in [1.82, 2.24) is 20.2 Å². The summed E-state index contributed by atoms with van der Waals surface area (Å²) in [7, 11) is 0. The lowest BCUT2D eigenvalue weighted by Crippen LogP contribution is -2.51. The first-order valence-electron chi connectivity index (χ1n) is 12.7. The molecule has 1 aliphatic carbocycles.